The third kappa shape index (κ3) is 7.71. The molecule has 1 atom stereocenters. The van der Waals surface area contributed by atoms with Crippen molar-refractivity contribution in [2.75, 3.05) is 25.5 Å². The van der Waals surface area contributed by atoms with E-state index < -0.39 is 35.4 Å². The molecule has 42 heavy (non-hydrogen) atoms. The summed E-state index contributed by atoms with van der Waals surface area (Å²) in [4.78, 5) is 68.3. The monoisotopic (exact) mass is 585 g/mol. The van der Waals surface area contributed by atoms with Crippen molar-refractivity contribution in [1.82, 2.24) is 24.8 Å². The molecule has 1 aliphatic rings. The maximum Gasteiger partial charge on any atom is 0.418 e. The predicted octanol–water partition coefficient (Wildman–Crippen LogP) is 3.58. The molecule has 0 saturated carbocycles. The van der Waals surface area contributed by atoms with Gasteiger partial charge in [0.15, 0.2) is 5.82 Å². The summed E-state index contributed by atoms with van der Waals surface area (Å²) in [5.41, 5.74) is -0.116. The number of pyridine rings is 1. The van der Waals surface area contributed by atoms with Crippen LogP contribution in [0.2, 0.25) is 0 Å². The molecular formula is C28H30F3N7O4. The number of likely N-dealkylation sites (N-methyl/N-ethyl adjacent to an activating group) is 1. The average molecular weight is 586 g/mol. The topological polar surface area (TPSA) is 138 Å². The Morgan fingerprint density at radius 2 is 1.86 bits per heavy atom. The fraction of sp³-hybridized carbons (Fsp3) is 0.357. The maximum absolute atomic E-state index is 13.3. The molecule has 2 aromatic heterocycles. The van der Waals surface area contributed by atoms with Crippen LogP contribution in [0, 0.1) is 12.8 Å². The Kier molecular flexibility index (Phi) is 9.71. The number of imide groups is 1. The minimum absolute atomic E-state index is 0.0392. The van der Waals surface area contributed by atoms with Gasteiger partial charge in [-0.15, -0.1) is 0 Å². The average Bonchev–Trinajstić information content (AvgIpc) is 2.97. The highest BCUT2D eigenvalue weighted by atomic mass is 19.4. The first-order valence-electron chi connectivity index (χ1n) is 12.7. The van der Waals surface area contributed by atoms with E-state index in [1.54, 1.807) is 27.0 Å². The van der Waals surface area contributed by atoms with Gasteiger partial charge in [-0.1, -0.05) is 13.0 Å². The molecule has 0 spiro atoms. The number of allylic oxidation sites excluding steroid dienone is 1. The van der Waals surface area contributed by atoms with Crippen LogP contribution in [0.5, 0.6) is 0 Å². The Labute approximate surface area is 240 Å². The normalized spacial score (nSPS) is 15.8. The smallest absolute Gasteiger partial charge is 0.350 e. The molecule has 0 bridgehead atoms. The van der Waals surface area contributed by atoms with E-state index in [0.29, 0.717) is 5.57 Å². The summed E-state index contributed by atoms with van der Waals surface area (Å²) in [7, 11) is 1.60. The van der Waals surface area contributed by atoms with Gasteiger partial charge in [-0.2, -0.15) is 13.2 Å². The second kappa shape index (κ2) is 12.8. The molecule has 11 nitrogen and oxygen atoms in total. The Bertz CT molecular complexity index is 1520. The molecule has 0 saturated heterocycles. The first kappa shape index (κ1) is 31.8. The summed E-state index contributed by atoms with van der Waals surface area (Å²) < 4.78 is 39.9. The van der Waals surface area contributed by atoms with Crippen LogP contribution in [-0.4, -0.2) is 74.6 Å². The van der Waals surface area contributed by atoms with Gasteiger partial charge in [0, 0.05) is 30.7 Å². The van der Waals surface area contributed by atoms with Crippen LogP contribution in [0.15, 0.2) is 52.7 Å². The number of halogens is 3. The molecule has 1 aliphatic heterocycles. The number of anilines is 1. The summed E-state index contributed by atoms with van der Waals surface area (Å²) in [6.45, 7) is 6.89. The largest absolute Gasteiger partial charge is 0.418 e. The molecule has 0 aromatic carbocycles. The van der Waals surface area contributed by atoms with E-state index in [-0.39, 0.29) is 53.0 Å². The number of aryl methyl sites for hydroxylation is 1. The van der Waals surface area contributed by atoms with Gasteiger partial charge in [0.05, 0.1) is 48.2 Å². The van der Waals surface area contributed by atoms with Crippen LogP contribution in [-0.2, 0) is 25.4 Å². The van der Waals surface area contributed by atoms with E-state index in [2.05, 4.69) is 25.3 Å². The molecule has 222 valence electrons. The highest BCUT2D eigenvalue weighted by molar-refractivity contribution is 6.08. The summed E-state index contributed by atoms with van der Waals surface area (Å²) in [6, 6.07) is 0.930. The quantitative estimate of drug-likeness (QED) is 0.367. The van der Waals surface area contributed by atoms with E-state index in [1.165, 1.54) is 50.5 Å². The van der Waals surface area contributed by atoms with Gasteiger partial charge in [0.1, 0.15) is 11.6 Å². The lowest BCUT2D eigenvalue weighted by molar-refractivity contribution is -0.144. The van der Waals surface area contributed by atoms with Crippen molar-refractivity contribution in [3.05, 3.63) is 59.0 Å². The number of ketones is 1. The number of Topliss-reactive ketones (excluding diaryl/α,β-unsaturated/α-hetero) is 1. The number of carbonyl (C=O) groups is 4. The molecule has 0 radical (unpaired) electrons. The van der Waals surface area contributed by atoms with E-state index >= 15 is 0 Å². The Hall–Kier alpha value is -4.75. The Balaban J connectivity index is 1.75. The van der Waals surface area contributed by atoms with Crippen LogP contribution in [0.3, 0.4) is 0 Å². The number of nitrogens with one attached hydrogen (secondary N) is 1. The molecule has 1 N–H and O–H groups in total. The molecule has 0 unspecified atom stereocenters. The molecule has 2 aromatic rings. The van der Waals surface area contributed by atoms with Crippen molar-refractivity contribution in [1.29, 1.82) is 0 Å². The number of rotatable bonds is 8. The van der Waals surface area contributed by atoms with Crippen molar-refractivity contribution in [3.8, 4) is 11.3 Å². The number of carbonyl (C=O) groups excluding carboxylic acids is 4. The number of hydrogen-bond acceptors (Lipinski definition) is 9. The number of aromatic nitrogens is 3. The van der Waals surface area contributed by atoms with Crippen molar-refractivity contribution in [3.63, 3.8) is 0 Å². The fourth-order valence-electron chi connectivity index (χ4n) is 4.08. The molecule has 0 aliphatic carbocycles. The standard InChI is InChI=1S/C28H30F3N7O4/c1-15(9-34-25-18(4)27(42)38(13-17(3)39)24(40)14-37(25)6)7-16(2)26(41)36-23-12-32-11-22(35-23)20-8-21(28(29,30)31)19(5)33-10-20/h7-12,16H,13-14H2,1-6H3,(H,35,36,41)/b15-7-,34-9?/t16-/m1/s1. The van der Waals surface area contributed by atoms with Crippen LogP contribution >= 0.6 is 0 Å². The third-order valence-electron chi connectivity index (χ3n) is 6.21. The van der Waals surface area contributed by atoms with Crippen LogP contribution in [0.1, 0.15) is 39.0 Å². The van der Waals surface area contributed by atoms with E-state index in [4.69, 9.17) is 0 Å². The van der Waals surface area contributed by atoms with E-state index in [1.807, 2.05) is 0 Å². The van der Waals surface area contributed by atoms with Gasteiger partial charge in [-0.05, 0) is 39.3 Å². The number of nitrogens with zero attached hydrogens (tertiary/aromatic N) is 6. The zero-order chi connectivity index (χ0) is 31.4. The van der Waals surface area contributed by atoms with E-state index in [9.17, 15) is 32.3 Å². The molecule has 14 heteroatoms. The predicted molar refractivity (Wildman–Crippen MR) is 148 cm³/mol. The van der Waals surface area contributed by atoms with Crippen LogP contribution < -0.4 is 5.32 Å². The summed E-state index contributed by atoms with van der Waals surface area (Å²) in [5.74, 6) is -2.32. The second-order valence-corrected chi connectivity index (χ2v) is 9.88. The zero-order valence-corrected chi connectivity index (χ0v) is 23.9. The number of alkyl halides is 3. The first-order valence-corrected chi connectivity index (χ1v) is 12.7. The molecule has 3 rings (SSSR count). The van der Waals surface area contributed by atoms with Gasteiger partial charge in [0.25, 0.3) is 5.91 Å². The number of amides is 3. The lowest BCUT2D eigenvalue weighted by Gasteiger charge is -2.18. The lowest BCUT2D eigenvalue weighted by Crippen LogP contribution is -2.42. The third-order valence-corrected chi connectivity index (χ3v) is 6.21. The van der Waals surface area contributed by atoms with Gasteiger partial charge in [0.2, 0.25) is 11.8 Å². The zero-order valence-electron chi connectivity index (χ0n) is 23.9. The SMILES string of the molecule is CC(=O)CN1C(=O)CN(C)C(N=C/C(C)=C\[C@@H](C)C(=O)Nc2cncc(-c3cnc(C)c(C(F)(F)F)c3)n2)=C(C)C1=O. The minimum atomic E-state index is -4.58. The minimum Gasteiger partial charge on any atom is -0.350 e. The van der Waals surface area contributed by atoms with E-state index in [0.717, 1.165) is 11.0 Å². The highest BCUT2D eigenvalue weighted by Gasteiger charge is 2.34. The summed E-state index contributed by atoms with van der Waals surface area (Å²) in [6.07, 6.45) is 2.26. The maximum atomic E-state index is 13.3. The Morgan fingerprint density at radius 1 is 1.17 bits per heavy atom. The van der Waals surface area contributed by atoms with Crippen molar-refractivity contribution in [2.45, 2.75) is 40.8 Å². The number of aliphatic imine (C=N–C) groups is 1. The van der Waals surface area contributed by atoms with Crippen molar-refractivity contribution in [2.24, 2.45) is 10.9 Å². The molecule has 3 amide bonds. The van der Waals surface area contributed by atoms with Crippen LogP contribution in [0.25, 0.3) is 11.3 Å². The number of hydrogen-bond donors (Lipinski definition) is 1. The summed E-state index contributed by atoms with van der Waals surface area (Å²) >= 11 is 0. The molecule has 3 heterocycles. The van der Waals surface area contributed by atoms with Gasteiger partial charge < -0.3 is 10.2 Å². The first-order chi connectivity index (χ1) is 19.6. The summed E-state index contributed by atoms with van der Waals surface area (Å²) in [5, 5.41) is 2.60. The second-order valence-electron chi connectivity index (χ2n) is 9.88. The van der Waals surface area contributed by atoms with Gasteiger partial charge >= 0.3 is 6.18 Å². The highest BCUT2D eigenvalue weighted by Crippen LogP contribution is 2.33. The van der Waals surface area contributed by atoms with Crippen molar-refractivity contribution < 1.29 is 32.3 Å². The van der Waals surface area contributed by atoms with Gasteiger partial charge in [-0.25, -0.2) is 9.98 Å². The molecular weight excluding hydrogens is 555 g/mol. The van der Waals surface area contributed by atoms with Crippen molar-refractivity contribution >= 4 is 35.5 Å². The van der Waals surface area contributed by atoms with Crippen LogP contribution in [0.4, 0.5) is 19.0 Å². The fourth-order valence-corrected chi connectivity index (χ4v) is 4.08. The van der Waals surface area contributed by atoms with Gasteiger partial charge in [-0.3, -0.25) is 34.0 Å². The Morgan fingerprint density at radius 3 is 2.50 bits per heavy atom. The lowest BCUT2D eigenvalue weighted by atomic mass is 10.1. The molecule has 0 fully saturated rings.